The molecule has 1 aromatic heterocycles. The fourth-order valence-electron chi connectivity index (χ4n) is 3.33. The molecule has 2 fully saturated rings. The first-order chi connectivity index (χ1) is 12.0. The van der Waals surface area contributed by atoms with Crippen LogP contribution in [0.2, 0.25) is 0 Å². The fraction of sp³-hybridized carbons (Fsp3) is 0.474. The molecule has 1 aliphatic carbocycles. The van der Waals surface area contributed by atoms with Gasteiger partial charge in [-0.15, -0.1) is 0 Å². The third-order valence-corrected chi connectivity index (χ3v) is 7.22. The standard InChI is InChI=1S/C19H22N2O3S/c1-13-3-2-4-16(9-13)25(22,23)17-7-8-24-18(10-17)15-11-20-19(21-12-15)14-5-6-14/h2-4,9,11-12,14,17-18H,5-8,10H2,1H3/t17?,18-/m1/s1. The summed E-state index contributed by atoms with van der Waals surface area (Å²) in [5.74, 6) is 1.40. The van der Waals surface area contributed by atoms with Gasteiger partial charge in [-0.2, -0.15) is 0 Å². The molecule has 1 aromatic carbocycles. The molecule has 6 heteroatoms. The summed E-state index contributed by atoms with van der Waals surface area (Å²) in [6.45, 7) is 2.34. The van der Waals surface area contributed by atoms with Gasteiger partial charge in [0, 0.05) is 30.5 Å². The fourth-order valence-corrected chi connectivity index (χ4v) is 5.17. The number of nitrogens with zero attached hydrogens (tertiary/aromatic N) is 2. The molecule has 25 heavy (non-hydrogen) atoms. The Labute approximate surface area is 148 Å². The SMILES string of the molecule is Cc1cccc(S(=O)(=O)C2CCO[C@@H](c3cnc(C4CC4)nc3)C2)c1. The zero-order valence-corrected chi connectivity index (χ0v) is 15.1. The van der Waals surface area contributed by atoms with Gasteiger partial charge in [-0.1, -0.05) is 12.1 Å². The Morgan fingerprint density at radius 3 is 2.56 bits per heavy atom. The van der Waals surface area contributed by atoms with Crippen LogP contribution < -0.4 is 0 Å². The first-order valence-electron chi connectivity index (χ1n) is 8.78. The van der Waals surface area contributed by atoms with E-state index in [1.54, 1.807) is 30.6 Å². The summed E-state index contributed by atoms with van der Waals surface area (Å²) in [6.07, 6.45) is 6.63. The van der Waals surface area contributed by atoms with Gasteiger partial charge in [-0.3, -0.25) is 0 Å². The maximum absolute atomic E-state index is 13.0. The van der Waals surface area contributed by atoms with Crippen LogP contribution in [0, 0.1) is 6.92 Å². The smallest absolute Gasteiger partial charge is 0.181 e. The largest absolute Gasteiger partial charge is 0.373 e. The van der Waals surface area contributed by atoms with Gasteiger partial charge in [0.15, 0.2) is 9.84 Å². The highest BCUT2D eigenvalue weighted by Crippen LogP contribution is 2.38. The highest BCUT2D eigenvalue weighted by atomic mass is 32.2. The van der Waals surface area contributed by atoms with Gasteiger partial charge in [-0.25, -0.2) is 18.4 Å². The number of aryl methyl sites for hydroxylation is 1. The second-order valence-electron chi connectivity index (χ2n) is 7.02. The Hall–Kier alpha value is -1.79. The molecule has 4 rings (SSSR count). The van der Waals surface area contributed by atoms with Crippen molar-refractivity contribution < 1.29 is 13.2 Å². The van der Waals surface area contributed by atoms with Gasteiger partial charge in [0.2, 0.25) is 0 Å². The molecule has 0 amide bonds. The Bertz CT molecular complexity index is 860. The molecule has 0 bridgehead atoms. The quantitative estimate of drug-likeness (QED) is 0.838. The highest BCUT2D eigenvalue weighted by molar-refractivity contribution is 7.92. The molecule has 0 spiro atoms. The summed E-state index contributed by atoms with van der Waals surface area (Å²) >= 11 is 0. The highest BCUT2D eigenvalue weighted by Gasteiger charge is 2.35. The Morgan fingerprint density at radius 1 is 1.12 bits per heavy atom. The number of sulfone groups is 1. The maximum atomic E-state index is 13.0. The second-order valence-corrected chi connectivity index (χ2v) is 9.24. The van der Waals surface area contributed by atoms with E-state index in [2.05, 4.69) is 9.97 Å². The van der Waals surface area contributed by atoms with Crippen LogP contribution in [-0.2, 0) is 14.6 Å². The lowest BCUT2D eigenvalue weighted by Gasteiger charge is -2.29. The summed E-state index contributed by atoms with van der Waals surface area (Å²) in [4.78, 5) is 9.27. The number of hydrogen-bond acceptors (Lipinski definition) is 5. The number of rotatable bonds is 4. The van der Waals surface area contributed by atoms with Gasteiger partial charge < -0.3 is 4.74 Å². The average Bonchev–Trinajstić information content (AvgIpc) is 3.47. The van der Waals surface area contributed by atoms with Crippen molar-refractivity contribution in [2.24, 2.45) is 0 Å². The molecule has 2 atom stereocenters. The molecule has 1 saturated carbocycles. The second kappa shape index (κ2) is 6.50. The van der Waals surface area contributed by atoms with Gasteiger partial charge in [0.05, 0.1) is 16.2 Å². The van der Waals surface area contributed by atoms with Crippen LogP contribution in [0.1, 0.15) is 54.7 Å². The average molecular weight is 358 g/mol. The van der Waals surface area contributed by atoms with Crippen LogP contribution in [0.5, 0.6) is 0 Å². The number of ether oxygens (including phenoxy) is 1. The minimum absolute atomic E-state index is 0.258. The lowest BCUT2D eigenvalue weighted by molar-refractivity contribution is 0.0161. The summed E-state index contributed by atoms with van der Waals surface area (Å²) < 4.78 is 31.8. The molecule has 0 N–H and O–H groups in total. The van der Waals surface area contributed by atoms with Gasteiger partial charge in [0.1, 0.15) is 5.82 Å². The lowest BCUT2D eigenvalue weighted by Crippen LogP contribution is -2.31. The topological polar surface area (TPSA) is 69.2 Å². The monoisotopic (exact) mass is 358 g/mol. The third-order valence-electron chi connectivity index (χ3n) is 5.00. The third kappa shape index (κ3) is 3.46. The molecule has 1 aliphatic heterocycles. The van der Waals surface area contributed by atoms with E-state index >= 15 is 0 Å². The maximum Gasteiger partial charge on any atom is 0.181 e. The predicted octanol–water partition coefficient (Wildman–Crippen LogP) is 3.36. The van der Waals surface area contributed by atoms with Crippen LogP contribution in [0.25, 0.3) is 0 Å². The van der Waals surface area contributed by atoms with Crippen LogP contribution in [0.3, 0.4) is 0 Å². The summed E-state index contributed by atoms with van der Waals surface area (Å²) in [5, 5.41) is -0.434. The van der Waals surface area contributed by atoms with Crippen molar-refractivity contribution in [1.82, 2.24) is 9.97 Å². The molecule has 5 nitrogen and oxygen atoms in total. The first kappa shape index (κ1) is 16.7. The molecular formula is C19H22N2O3S. The number of aromatic nitrogens is 2. The minimum Gasteiger partial charge on any atom is -0.373 e. The van der Waals surface area contributed by atoms with E-state index in [1.807, 2.05) is 13.0 Å². The Balaban J connectivity index is 1.54. The summed E-state index contributed by atoms with van der Waals surface area (Å²) in [5.41, 5.74) is 1.82. The zero-order chi connectivity index (χ0) is 17.4. The molecule has 132 valence electrons. The molecule has 2 aliphatic rings. The molecule has 2 aromatic rings. The van der Waals surface area contributed by atoms with E-state index < -0.39 is 15.1 Å². The van der Waals surface area contributed by atoms with Crippen LogP contribution in [0.4, 0.5) is 0 Å². The van der Waals surface area contributed by atoms with E-state index in [1.165, 1.54) is 0 Å². The number of hydrogen-bond donors (Lipinski definition) is 0. The van der Waals surface area contributed by atoms with Crippen LogP contribution in [-0.4, -0.2) is 30.2 Å². The minimum atomic E-state index is -3.36. The van der Waals surface area contributed by atoms with Gasteiger partial charge >= 0.3 is 0 Å². The van der Waals surface area contributed by atoms with Crippen molar-refractivity contribution in [1.29, 1.82) is 0 Å². The van der Waals surface area contributed by atoms with E-state index in [9.17, 15) is 8.42 Å². The molecule has 1 saturated heterocycles. The summed E-state index contributed by atoms with van der Waals surface area (Å²) in [6, 6.07) is 7.13. The van der Waals surface area contributed by atoms with Crippen molar-refractivity contribution in [3.8, 4) is 0 Å². The van der Waals surface area contributed by atoms with Crippen molar-refractivity contribution in [3.05, 3.63) is 53.6 Å². The van der Waals surface area contributed by atoms with E-state index in [-0.39, 0.29) is 6.10 Å². The van der Waals surface area contributed by atoms with Gasteiger partial charge in [0.25, 0.3) is 0 Å². The summed E-state index contributed by atoms with van der Waals surface area (Å²) in [7, 11) is -3.36. The van der Waals surface area contributed by atoms with Crippen molar-refractivity contribution >= 4 is 9.84 Å². The molecule has 1 unspecified atom stereocenters. The Kier molecular flexibility index (Phi) is 4.33. The van der Waals surface area contributed by atoms with Crippen molar-refractivity contribution in [2.75, 3.05) is 6.61 Å². The lowest BCUT2D eigenvalue weighted by atomic mass is 10.0. The normalized spacial score (nSPS) is 24.2. The van der Waals surface area contributed by atoms with E-state index in [0.29, 0.717) is 30.3 Å². The van der Waals surface area contributed by atoms with Crippen LogP contribution in [0.15, 0.2) is 41.6 Å². The first-order valence-corrected chi connectivity index (χ1v) is 10.3. The predicted molar refractivity (Wildman–Crippen MR) is 94.1 cm³/mol. The Morgan fingerprint density at radius 2 is 1.88 bits per heavy atom. The molecular weight excluding hydrogens is 336 g/mol. The van der Waals surface area contributed by atoms with Crippen molar-refractivity contribution in [3.63, 3.8) is 0 Å². The number of benzene rings is 1. The van der Waals surface area contributed by atoms with E-state index in [4.69, 9.17) is 4.74 Å². The molecule has 2 heterocycles. The van der Waals surface area contributed by atoms with E-state index in [0.717, 1.165) is 29.8 Å². The molecule has 0 radical (unpaired) electrons. The zero-order valence-electron chi connectivity index (χ0n) is 14.3. The van der Waals surface area contributed by atoms with Crippen molar-refractivity contribution in [2.45, 2.75) is 54.8 Å². The van der Waals surface area contributed by atoms with Gasteiger partial charge in [-0.05, 0) is 50.3 Å². The van der Waals surface area contributed by atoms with Crippen LogP contribution >= 0.6 is 0 Å².